The zero-order valence-electron chi connectivity index (χ0n) is 7.96. The number of aromatic nitrogens is 2. The van der Waals surface area contributed by atoms with Gasteiger partial charge in [0.25, 0.3) is 0 Å². The van der Waals surface area contributed by atoms with E-state index in [-0.39, 0.29) is 6.61 Å². The lowest BCUT2D eigenvalue weighted by Crippen LogP contribution is -2.03. The number of rotatable bonds is 2. The molecule has 1 unspecified atom stereocenters. The summed E-state index contributed by atoms with van der Waals surface area (Å²) in [5, 5.41) is 26.6. The normalized spacial score (nSPS) is 12.3. The second kappa shape index (κ2) is 4.03. The van der Waals surface area contributed by atoms with E-state index in [4.69, 9.17) is 10.4 Å². The fourth-order valence-electron chi connectivity index (χ4n) is 1.51. The van der Waals surface area contributed by atoms with Gasteiger partial charge in [-0.2, -0.15) is 15.5 Å². The Kier molecular flexibility index (Phi) is 2.57. The lowest BCUT2D eigenvalue weighted by Gasteiger charge is -2.07. The summed E-state index contributed by atoms with van der Waals surface area (Å²) in [5.41, 5.74) is 1.47. The van der Waals surface area contributed by atoms with Gasteiger partial charge in [-0.1, -0.05) is 18.2 Å². The molecule has 0 fully saturated rings. The number of benzene rings is 1. The molecule has 4 heteroatoms. The van der Waals surface area contributed by atoms with Crippen molar-refractivity contribution in [3.63, 3.8) is 0 Å². The lowest BCUT2D eigenvalue weighted by molar-refractivity contribution is 0.286. The summed E-state index contributed by atoms with van der Waals surface area (Å²) in [6.45, 7) is -0.202. The Morgan fingerprint density at radius 2 is 2.20 bits per heavy atom. The smallest absolute Gasteiger partial charge is 0.0965 e. The van der Waals surface area contributed by atoms with Gasteiger partial charge in [0, 0.05) is 10.9 Å². The van der Waals surface area contributed by atoms with Crippen LogP contribution < -0.4 is 0 Å². The van der Waals surface area contributed by atoms with E-state index in [1.807, 2.05) is 30.3 Å². The maximum atomic E-state index is 9.07. The van der Waals surface area contributed by atoms with Gasteiger partial charge >= 0.3 is 0 Å². The number of aliphatic hydroxyl groups excluding tert-OH is 1. The molecule has 0 aliphatic rings. The van der Waals surface area contributed by atoms with Crippen LogP contribution in [0, 0.1) is 11.3 Å². The van der Waals surface area contributed by atoms with Crippen molar-refractivity contribution in [2.75, 3.05) is 6.61 Å². The van der Waals surface area contributed by atoms with Gasteiger partial charge in [-0.3, -0.25) is 0 Å². The highest BCUT2D eigenvalue weighted by atomic mass is 16.3. The molecular weight excluding hydrogens is 190 g/mol. The molecule has 0 spiro atoms. The zero-order valence-corrected chi connectivity index (χ0v) is 7.96. The highest BCUT2D eigenvalue weighted by Crippen LogP contribution is 2.22. The summed E-state index contributed by atoms with van der Waals surface area (Å²) in [7, 11) is 0. The van der Waals surface area contributed by atoms with Gasteiger partial charge in [-0.25, -0.2) is 0 Å². The average Bonchev–Trinajstić information content (AvgIpc) is 2.31. The fourth-order valence-corrected chi connectivity index (χ4v) is 1.51. The number of fused-ring (bicyclic) bond motifs is 1. The maximum Gasteiger partial charge on any atom is 0.0965 e. The van der Waals surface area contributed by atoms with E-state index in [9.17, 15) is 0 Å². The van der Waals surface area contributed by atoms with Gasteiger partial charge in [0.2, 0.25) is 0 Å². The fraction of sp³-hybridized carbons (Fsp3) is 0.182. The van der Waals surface area contributed by atoms with E-state index in [0.29, 0.717) is 0 Å². The minimum atomic E-state index is -0.537. The predicted molar refractivity (Wildman–Crippen MR) is 55.0 cm³/mol. The first-order chi connectivity index (χ1) is 7.36. The Bertz CT molecular complexity index is 513. The number of hydrogen-bond donors (Lipinski definition) is 1. The Balaban J connectivity index is 2.66. The van der Waals surface area contributed by atoms with Crippen LogP contribution >= 0.6 is 0 Å². The monoisotopic (exact) mass is 199 g/mol. The van der Waals surface area contributed by atoms with Crippen LogP contribution in [-0.2, 0) is 0 Å². The van der Waals surface area contributed by atoms with Gasteiger partial charge in [0.1, 0.15) is 0 Å². The van der Waals surface area contributed by atoms with Crippen LogP contribution in [0.4, 0.5) is 0 Å². The van der Waals surface area contributed by atoms with Gasteiger partial charge in [-0.05, 0) is 6.07 Å². The summed E-state index contributed by atoms with van der Waals surface area (Å²) < 4.78 is 0. The first-order valence-electron chi connectivity index (χ1n) is 4.57. The molecule has 1 aromatic carbocycles. The first-order valence-corrected chi connectivity index (χ1v) is 4.57. The van der Waals surface area contributed by atoms with Crippen molar-refractivity contribution in [3.05, 3.63) is 36.0 Å². The molecule has 0 aliphatic heterocycles. The topological polar surface area (TPSA) is 69.8 Å². The summed E-state index contributed by atoms with van der Waals surface area (Å²) in [4.78, 5) is 0. The quantitative estimate of drug-likeness (QED) is 0.789. The van der Waals surface area contributed by atoms with Crippen molar-refractivity contribution >= 4 is 10.9 Å². The van der Waals surface area contributed by atoms with Crippen molar-refractivity contribution < 1.29 is 5.11 Å². The van der Waals surface area contributed by atoms with E-state index in [1.54, 1.807) is 0 Å². The predicted octanol–water partition coefficient (Wildman–Crippen LogP) is 1.23. The molecule has 1 atom stereocenters. The van der Waals surface area contributed by atoms with Crippen LogP contribution in [0.25, 0.3) is 10.9 Å². The molecule has 1 N–H and O–H groups in total. The molecule has 15 heavy (non-hydrogen) atoms. The summed E-state index contributed by atoms with van der Waals surface area (Å²) >= 11 is 0. The Morgan fingerprint density at radius 3 is 2.93 bits per heavy atom. The third kappa shape index (κ3) is 1.65. The molecule has 0 aliphatic carbocycles. The van der Waals surface area contributed by atoms with Crippen molar-refractivity contribution in [1.82, 2.24) is 10.2 Å². The van der Waals surface area contributed by atoms with Crippen LogP contribution in [0.3, 0.4) is 0 Å². The van der Waals surface area contributed by atoms with E-state index < -0.39 is 5.92 Å². The number of aliphatic hydroxyl groups is 1. The van der Waals surface area contributed by atoms with Crippen LogP contribution in [0.1, 0.15) is 11.5 Å². The second-order valence-corrected chi connectivity index (χ2v) is 3.18. The summed E-state index contributed by atoms with van der Waals surface area (Å²) in [5.74, 6) is -0.537. The minimum Gasteiger partial charge on any atom is -0.395 e. The van der Waals surface area contributed by atoms with Gasteiger partial charge in [0.15, 0.2) is 0 Å². The molecule has 0 radical (unpaired) electrons. The van der Waals surface area contributed by atoms with E-state index >= 15 is 0 Å². The average molecular weight is 199 g/mol. The maximum absolute atomic E-state index is 9.07. The molecule has 0 bridgehead atoms. The van der Waals surface area contributed by atoms with E-state index in [0.717, 1.165) is 16.5 Å². The van der Waals surface area contributed by atoms with Crippen molar-refractivity contribution in [3.8, 4) is 6.07 Å². The third-order valence-electron chi connectivity index (χ3n) is 2.29. The lowest BCUT2D eigenvalue weighted by atomic mass is 9.99. The molecule has 1 aromatic heterocycles. The summed E-state index contributed by atoms with van der Waals surface area (Å²) in [6.07, 6.45) is 1.53. The van der Waals surface area contributed by atoms with Crippen LogP contribution in [0.5, 0.6) is 0 Å². The molecular formula is C11H9N3O. The number of hydrogen-bond acceptors (Lipinski definition) is 4. The molecule has 1 heterocycles. The molecule has 2 rings (SSSR count). The van der Waals surface area contributed by atoms with Crippen LogP contribution in [0.2, 0.25) is 0 Å². The number of nitrogens with zero attached hydrogens (tertiary/aromatic N) is 3. The zero-order chi connectivity index (χ0) is 10.7. The Labute approximate surface area is 86.8 Å². The second-order valence-electron chi connectivity index (χ2n) is 3.18. The Morgan fingerprint density at radius 1 is 1.40 bits per heavy atom. The molecule has 0 saturated carbocycles. The molecule has 2 aromatic rings. The highest BCUT2D eigenvalue weighted by Gasteiger charge is 2.13. The SMILES string of the molecule is N#CC(CO)c1cnnc2ccccc12. The largest absolute Gasteiger partial charge is 0.395 e. The van der Waals surface area contributed by atoms with Crippen molar-refractivity contribution in [2.45, 2.75) is 5.92 Å². The Hall–Kier alpha value is -1.99. The third-order valence-corrected chi connectivity index (χ3v) is 2.29. The standard InChI is InChI=1S/C11H9N3O/c12-5-8(7-15)10-6-13-14-11-4-2-1-3-9(10)11/h1-4,6,8,15H,7H2. The van der Waals surface area contributed by atoms with E-state index in [1.165, 1.54) is 6.20 Å². The van der Waals surface area contributed by atoms with Crippen molar-refractivity contribution in [2.24, 2.45) is 0 Å². The minimum absolute atomic E-state index is 0.202. The first kappa shape index (κ1) is 9.56. The van der Waals surface area contributed by atoms with Gasteiger partial charge in [-0.15, -0.1) is 0 Å². The molecule has 74 valence electrons. The van der Waals surface area contributed by atoms with Crippen LogP contribution in [-0.4, -0.2) is 21.9 Å². The molecule has 0 saturated heterocycles. The van der Waals surface area contributed by atoms with Crippen LogP contribution in [0.15, 0.2) is 30.5 Å². The highest BCUT2D eigenvalue weighted by molar-refractivity contribution is 5.82. The number of nitriles is 1. The van der Waals surface area contributed by atoms with Gasteiger partial charge in [0.05, 0.1) is 30.3 Å². The molecule has 0 amide bonds. The van der Waals surface area contributed by atoms with Gasteiger partial charge < -0.3 is 5.11 Å². The molecule has 4 nitrogen and oxygen atoms in total. The summed E-state index contributed by atoms with van der Waals surface area (Å²) in [6, 6.07) is 9.48. The van der Waals surface area contributed by atoms with Crippen molar-refractivity contribution in [1.29, 1.82) is 5.26 Å². The van der Waals surface area contributed by atoms with E-state index in [2.05, 4.69) is 10.2 Å².